The molecular weight excluding hydrogens is 350 g/mol. The van der Waals surface area contributed by atoms with Crippen LogP contribution in [-0.4, -0.2) is 43.3 Å². The lowest BCUT2D eigenvalue weighted by Gasteiger charge is -2.33. The van der Waals surface area contributed by atoms with E-state index in [1.54, 1.807) is 5.01 Å². The van der Waals surface area contributed by atoms with Crippen LogP contribution in [0.1, 0.15) is 30.9 Å². The largest absolute Gasteiger partial charge is 0.489 e. The van der Waals surface area contributed by atoms with Gasteiger partial charge in [0.2, 0.25) is 5.91 Å². The topological polar surface area (TPSA) is 45.1 Å². The minimum Gasteiger partial charge on any atom is -0.489 e. The summed E-state index contributed by atoms with van der Waals surface area (Å²) in [5.41, 5.74) is 4.34. The third kappa shape index (κ3) is 3.80. The molecule has 0 bridgehead atoms. The number of amides is 1. The van der Waals surface area contributed by atoms with Gasteiger partial charge in [-0.15, -0.1) is 0 Å². The van der Waals surface area contributed by atoms with Crippen LogP contribution in [0, 0.1) is 5.92 Å². The van der Waals surface area contributed by atoms with Crippen LogP contribution in [0.25, 0.3) is 0 Å². The fourth-order valence-electron chi connectivity index (χ4n) is 4.12. The van der Waals surface area contributed by atoms with E-state index < -0.39 is 0 Å². The first kappa shape index (κ1) is 18.7. The average molecular weight is 377 g/mol. The smallest absolute Gasteiger partial charge is 0.248 e. The maximum Gasteiger partial charge on any atom is 0.248 e. The molecule has 2 aliphatic rings. The van der Waals surface area contributed by atoms with Crippen molar-refractivity contribution in [2.75, 3.05) is 25.6 Å². The Kier molecular flexibility index (Phi) is 5.18. The molecule has 1 aliphatic heterocycles. The number of hydrogen-bond donors (Lipinski definition) is 0. The lowest BCUT2D eigenvalue weighted by Crippen LogP contribution is -2.39. The van der Waals surface area contributed by atoms with E-state index >= 15 is 0 Å². The molecule has 4 rings (SSSR count). The van der Waals surface area contributed by atoms with Crippen LogP contribution >= 0.6 is 0 Å². The normalized spacial score (nSPS) is 19.7. The Labute approximate surface area is 166 Å². The van der Waals surface area contributed by atoms with E-state index in [2.05, 4.69) is 30.0 Å². The van der Waals surface area contributed by atoms with Crippen molar-refractivity contribution < 1.29 is 9.53 Å². The zero-order valence-corrected chi connectivity index (χ0v) is 16.8. The van der Waals surface area contributed by atoms with Gasteiger partial charge in [0.25, 0.3) is 0 Å². The number of rotatable bonds is 5. The van der Waals surface area contributed by atoms with Gasteiger partial charge in [-0.25, -0.2) is 5.01 Å². The zero-order chi connectivity index (χ0) is 19.7. The summed E-state index contributed by atoms with van der Waals surface area (Å²) in [6, 6.07) is 16.1. The number of aryl methyl sites for hydroxylation is 1. The SMILES string of the molecule is CC(CN(C)C)Oc1ccc(N2N=C3c4ccccc4CCC3CC2=O)cc1. The van der Waals surface area contributed by atoms with Crippen LogP contribution in [0.5, 0.6) is 5.75 Å². The van der Waals surface area contributed by atoms with Gasteiger partial charge < -0.3 is 9.64 Å². The number of carbonyl (C=O) groups is 1. The molecule has 2 unspecified atom stereocenters. The quantitative estimate of drug-likeness (QED) is 0.798. The zero-order valence-electron chi connectivity index (χ0n) is 16.8. The third-order valence-electron chi connectivity index (χ3n) is 5.35. The summed E-state index contributed by atoms with van der Waals surface area (Å²) in [6.07, 6.45) is 2.62. The Morgan fingerprint density at radius 2 is 1.93 bits per heavy atom. The Balaban J connectivity index is 1.57. The molecule has 1 heterocycles. The summed E-state index contributed by atoms with van der Waals surface area (Å²) in [7, 11) is 4.06. The number of fused-ring (bicyclic) bond motifs is 3. The summed E-state index contributed by atoms with van der Waals surface area (Å²) in [5.74, 6) is 1.09. The van der Waals surface area contributed by atoms with Crippen molar-refractivity contribution >= 4 is 17.3 Å². The number of anilines is 1. The molecule has 0 aromatic heterocycles. The number of nitrogens with zero attached hydrogens (tertiary/aromatic N) is 3. The van der Waals surface area contributed by atoms with Crippen molar-refractivity contribution in [1.82, 2.24) is 4.90 Å². The molecule has 0 saturated heterocycles. The van der Waals surface area contributed by atoms with Gasteiger partial charge in [0.15, 0.2) is 0 Å². The number of hydrazone groups is 1. The summed E-state index contributed by atoms with van der Waals surface area (Å²) in [5, 5.41) is 6.34. The van der Waals surface area contributed by atoms with E-state index in [-0.39, 0.29) is 17.9 Å². The highest BCUT2D eigenvalue weighted by Crippen LogP contribution is 2.34. The third-order valence-corrected chi connectivity index (χ3v) is 5.35. The summed E-state index contributed by atoms with van der Waals surface area (Å²) >= 11 is 0. The standard InChI is InChI=1S/C23H27N3O2/c1-16(15-25(2)3)28-20-12-10-19(11-13-20)26-22(27)14-18-9-8-17-6-4-5-7-21(17)23(18)24-26/h4-7,10-13,16,18H,8-9,14-15H2,1-3H3. The Bertz CT molecular complexity index is 889. The average Bonchev–Trinajstić information content (AvgIpc) is 2.67. The molecule has 28 heavy (non-hydrogen) atoms. The first-order valence-electron chi connectivity index (χ1n) is 9.92. The van der Waals surface area contributed by atoms with Crippen molar-refractivity contribution in [3.8, 4) is 5.75 Å². The van der Waals surface area contributed by atoms with Crippen molar-refractivity contribution in [1.29, 1.82) is 0 Å². The molecule has 0 spiro atoms. The summed E-state index contributed by atoms with van der Waals surface area (Å²) < 4.78 is 5.95. The predicted octanol–water partition coefficient (Wildman–Crippen LogP) is 3.72. The molecule has 0 N–H and O–H groups in total. The second kappa shape index (κ2) is 7.76. The lowest BCUT2D eigenvalue weighted by atomic mass is 9.79. The van der Waals surface area contributed by atoms with E-state index in [4.69, 9.17) is 9.84 Å². The van der Waals surface area contributed by atoms with Crippen molar-refractivity contribution in [2.45, 2.75) is 32.3 Å². The minimum absolute atomic E-state index is 0.0581. The second-order valence-electron chi connectivity index (χ2n) is 7.97. The van der Waals surface area contributed by atoms with Gasteiger partial charge in [-0.2, -0.15) is 5.10 Å². The fourth-order valence-corrected chi connectivity index (χ4v) is 4.12. The molecule has 2 aromatic carbocycles. The minimum atomic E-state index is 0.0581. The summed E-state index contributed by atoms with van der Waals surface area (Å²) in [4.78, 5) is 14.8. The van der Waals surface area contributed by atoms with E-state index in [0.717, 1.165) is 36.5 Å². The fraction of sp³-hybridized carbons (Fsp3) is 0.391. The molecule has 0 fully saturated rings. The molecule has 5 nitrogen and oxygen atoms in total. The van der Waals surface area contributed by atoms with Gasteiger partial charge in [-0.05, 0) is 63.7 Å². The number of likely N-dealkylation sites (N-methyl/N-ethyl adjacent to an activating group) is 1. The Hall–Kier alpha value is -2.66. The maximum absolute atomic E-state index is 12.7. The van der Waals surface area contributed by atoms with Crippen molar-refractivity contribution in [3.63, 3.8) is 0 Å². The summed E-state index contributed by atoms with van der Waals surface area (Å²) in [6.45, 7) is 2.90. The van der Waals surface area contributed by atoms with Gasteiger partial charge in [0, 0.05) is 24.4 Å². The predicted molar refractivity (Wildman–Crippen MR) is 112 cm³/mol. The molecule has 0 radical (unpaired) electrons. The van der Waals surface area contributed by atoms with Crippen LogP contribution < -0.4 is 9.75 Å². The first-order chi connectivity index (χ1) is 13.5. The molecule has 146 valence electrons. The number of carbonyl (C=O) groups excluding carboxylic acids is 1. The van der Waals surface area contributed by atoms with Gasteiger partial charge in [-0.3, -0.25) is 4.79 Å². The maximum atomic E-state index is 12.7. The van der Waals surface area contributed by atoms with Gasteiger partial charge in [0.1, 0.15) is 11.9 Å². The molecule has 1 aliphatic carbocycles. The van der Waals surface area contributed by atoms with E-state index in [9.17, 15) is 4.79 Å². The lowest BCUT2D eigenvalue weighted by molar-refractivity contribution is -0.119. The van der Waals surface area contributed by atoms with E-state index in [1.807, 2.05) is 44.4 Å². The monoisotopic (exact) mass is 377 g/mol. The van der Waals surface area contributed by atoms with Crippen molar-refractivity contribution in [3.05, 3.63) is 59.7 Å². The van der Waals surface area contributed by atoms with Gasteiger partial charge in [0.05, 0.1) is 11.4 Å². The van der Waals surface area contributed by atoms with Crippen molar-refractivity contribution in [2.24, 2.45) is 11.0 Å². The molecular formula is C23H27N3O2. The van der Waals surface area contributed by atoms with Crippen LogP contribution in [0.3, 0.4) is 0 Å². The van der Waals surface area contributed by atoms with Crippen LogP contribution in [0.15, 0.2) is 53.6 Å². The molecule has 2 aromatic rings. The molecule has 2 atom stereocenters. The Morgan fingerprint density at radius 3 is 2.68 bits per heavy atom. The Morgan fingerprint density at radius 1 is 1.18 bits per heavy atom. The highest BCUT2D eigenvalue weighted by molar-refractivity contribution is 6.11. The molecule has 1 amide bonds. The van der Waals surface area contributed by atoms with E-state index in [0.29, 0.717) is 6.42 Å². The first-order valence-corrected chi connectivity index (χ1v) is 9.92. The number of ether oxygens (including phenoxy) is 1. The molecule has 5 heteroatoms. The van der Waals surface area contributed by atoms with Gasteiger partial charge >= 0.3 is 0 Å². The number of hydrogen-bond acceptors (Lipinski definition) is 4. The van der Waals surface area contributed by atoms with Crippen LogP contribution in [0.2, 0.25) is 0 Å². The van der Waals surface area contributed by atoms with E-state index in [1.165, 1.54) is 11.1 Å². The molecule has 0 saturated carbocycles. The highest BCUT2D eigenvalue weighted by Gasteiger charge is 2.34. The highest BCUT2D eigenvalue weighted by atomic mass is 16.5. The van der Waals surface area contributed by atoms with Crippen LogP contribution in [-0.2, 0) is 11.2 Å². The van der Waals surface area contributed by atoms with Crippen LogP contribution in [0.4, 0.5) is 5.69 Å². The number of benzene rings is 2. The second-order valence-corrected chi connectivity index (χ2v) is 7.97. The van der Waals surface area contributed by atoms with Gasteiger partial charge in [-0.1, -0.05) is 24.3 Å².